The molecule has 0 fully saturated rings. The molecule has 0 aliphatic heterocycles. The molecule has 0 heterocycles. The number of allylic oxidation sites excluding steroid dienone is 2. The Hall–Kier alpha value is -0.770. The zero-order valence-corrected chi connectivity index (χ0v) is 6.64. The molecule has 56 valence electrons. The average molecular weight is 136 g/mol. The lowest BCUT2D eigenvalue weighted by atomic mass is 10.1. The summed E-state index contributed by atoms with van der Waals surface area (Å²) in [4.78, 5) is 0. The molecule has 0 aliphatic carbocycles. The van der Waals surface area contributed by atoms with Crippen molar-refractivity contribution < 1.29 is 0 Å². The van der Waals surface area contributed by atoms with Crippen LogP contribution in [-0.4, -0.2) is 0 Å². The monoisotopic (exact) mass is 136 g/mol. The molecule has 0 aromatic rings. The van der Waals surface area contributed by atoms with Crippen LogP contribution in [0.3, 0.4) is 0 Å². The number of nitrogens with zero attached hydrogens (tertiary/aromatic N) is 1. The maximum absolute atomic E-state index is 8.19. The van der Waals surface area contributed by atoms with Crippen molar-refractivity contribution >= 4 is 0 Å². The second kappa shape index (κ2) is 8.23. The predicted octanol–water partition coefficient (Wildman–Crippen LogP) is 3.04. The predicted molar refractivity (Wildman–Crippen MR) is 43.5 cm³/mol. The van der Waals surface area contributed by atoms with Gasteiger partial charge in [0.25, 0.3) is 0 Å². The highest BCUT2D eigenvalue weighted by Gasteiger charge is 1.78. The smallest absolute Gasteiger partial charge is 0.0624 e. The van der Waals surface area contributed by atoms with E-state index in [1.165, 1.54) is 19.3 Å². The molecule has 0 aromatic carbocycles. The minimum atomic E-state index is 0.655. The second-order valence-electron chi connectivity index (χ2n) is 2.31. The van der Waals surface area contributed by atoms with Crippen molar-refractivity contribution in [1.82, 2.24) is 0 Å². The van der Waals surface area contributed by atoms with Crippen molar-refractivity contribution in [1.29, 1.82) is 5.26 Å². The average Bonchev–Trinajstić information content (AvgIpc) is 1.97. The van der Waals surface area contributed by atoms with Crippen LogP contribution in [0.5, 0.6) is 0 Å². The highest BCUT2D eigenvalue weighted by Crippen LogP contribution is 1.96. The normalized spacial score (nSPS) is 10.0. The highest BCUT2D eigenvalue weighted by atomic mass is 14.1. The van der Waals surface area contributed by atoms with E-state index in [1.807, 2.05) is 0 Å². The minimum absolute atomic E-state index is 0.655. The molecule has 0 rings (SSSR count). The topological polar surface area (TPSA) is 23.8 Å². The van der Waals surface area contributed by atoms with Gasteiger partial charge in [-0.2, -0.15) is 5.26 Å². The summed E-state index contributed by atoms with van der Waals surface area (Å²) in [7, 11) is 0. The summed E-state index contributed by atoms with van der Waals surface area (Å²) >= 11 is 0. The van der Waals surface area contributed by atoms with Crippen molar-refractivity contribution in [3.05, 3.63) is 12.2 Å². The first-order valence-electron chi connectivity index (χ1n) is 3.93. The summed E-state index contributed by atoms with van der Waals surface area (Å²) in [6, 6.07) is 2.11. The van der Waals surface area contributed by atoms with Crippen LogP contribution in [0.4, 0.5) is 0 Å². The molecule has 10 heavy (non-hydrogen) atoms. The lowest BCUT2D eigenvalue weighted by molar-refractivity contribution is 0.811. The van der Waals surface area contributed by atoms with E-state index in [9.17, 15) is 0 Å². The molecule has 0 aliphatic rings. The lowest BCUT2D eigenvalue weighted by Gasteiger charge is -1.86. The number of nitriles is 1. The Bertz CT molecular complexity index is 119. The van der Waals surface area contributed by atoms with E-state index >= 15 is 0 Å². The molecular weight excluding hydrogens is 121 g/mol. The second-order valence-corrected chi connectivity index (χ2v) is 2.31. The third kappa shape index (κ3) is 7.23. The molecule has 0 bridgehead atoms. The molecule has 0 atom stereocenters. The number of rotatable bonds is 5. The molecule has 0 saturated carbocycles. The Morgan fingerprint density at radius 2 is 2.00 bits per heavy atom. The van der Waals surface area contributed by atoms with Crippen molar-refractivity contribution in [3.63, 3.8) is 0 Å². The molecule has 0 saturated heterocycles. The summed E-state index contributed by atoms with van der Waals surface area (Å²) in [5.74, 6) is 0. The van der Waals surface area contributed by atoms with E-state index in [0.717, 1.165) is 6.42 Å². The van der Waals surface area contributed by atoms with Gasteiger partial charge in [-0.05, 0) is 12.8 Å². The van der Waals surface area contributed by atoms with E-state index in [1.54, 1.807) is 0 Å². The SMILES string of the molecule is CCCC/C=C\CC[11C]#N. The van der Waals surface area contributed by atoms with E-state index in [0.29, 0.717) is 6.42 Å². The fourth-order valence-electron chi connectivity index (χ4n) is 0.706. The fraction of sp³-hybridized carbons (Fsp3) is 0.667. The molecule has 0 aromatic heterocycles. The Labute approximate surface area is 63.4 Å². The van der Waals surface area contributed by atoms with Gasteiger partial charge < -0.3 is 0 Å². The summed E-state index contributed by atoms with van der Waals surface area (Å²) in [6.45, 7) is 2.18. The Balaban J connectivity index is 2.98. The van der Waals surface area contributed by atoms with Gasteiger partial charge in [0.15, 0.2) is 0 Å². The standard InChI is InChI=1S/C9H15N/c1-2-3-4-5-6-7-8-9-10/h5-6H,2-4,7-8H2,1H3/b6-5-/i9-1. The van der Waals surface area contributed by atoms with E-state index in [-0.39, 0.29) is 0 Å². The third-order valence-electron chi connectivity index (χ3n) is 1.31. The molecule has 0 N–H and O–H groups in total. The van der Waals surface area contributed by atoms with E-state index in [2.05, 4.69) is 25.1 Å². The molecule has 0 spiro atoms. The number of hydrogen-bond acceptors (Lipinski definition) is 1. The van der Waals surface area contributed by atoms with Crippen molar-refractivity contribution in [3.8, 4) is 6.07 Å². The minimum Gasteiger partial charge on any atom is -0.198 e. The first kappa shape index (κ1) is 9.23. The zero-order chi connectivity index (χ0) is 7.66. The van der Waals surface area contributed by atoms with Crippen LogP contribution in [0.2, 0.25) is 0 Å². The first-order valence-corrected chi connectivity index (χ1v) is 3.93. The quantitative estimate of drug-likeness (QED) is 0.421. The maximum atomic E-state index is 8.19. The number of hydrogen-bond donors (Lipinski definition) is 0. The van der Waals surface area contributed by atoms with Gasteiger partial charge >= 0.3 is 0 Å². The lowest BCUT2D eigenvalue weighted by Crippen LogP contribution is -1.67. The Morgan fingerprint density at radius 3 is 2.60 bits per heavy atom. The van der Waals surface area contributed by atoms with Gasteiger partial charge in [-0.1, -0.05) is 31.9 Å². The van der Waals surface area contributed by atoms with Crippen LogP contribution in [-0.2, 0) is 0 Å². The largest absolute Gasteiger partial charge is 0.198 e. The summed E-state index contributed by atoms with van der Waals surface area (Å²) < 4.78 is 0. The molecular formula is C9H15N. The first-order chi connectivity index (χ1) is 4.91. The van der Waals surface area contributed by atoms with Crippen LogP contribution in [0.25, 0.3) is 0 Å². The van der Waals surface area contributed by atoms with Gasteiger partial charge in [0.2, 0.25) is 0 Å². The van der Waals surface area contributed by atoms with Gasteiger partial charge in [-0.3, -0.25) is 0 Å². The molecule has 0 radical (unpaired) electrons. The van der Waals surface area contributed by atoms with Gasteiger partial charge in [0.1, 0.15) is 0 Å². The van der Waals surface area contributed by atoms with Gasteiger partial charge in [-0.25, -0.2) is 0 Å². The fourth-order valence-corrected chi connectivity index (χ4v) is 0.706. The van der Waals surface area contributed by atoms with Gasteiger partial charge in [0, 0.05) is 6.42 Å². The molecule has 0 amide bonds. The third-order valence-corrected chi connectivity index (χ3v) is 1.31. The molecule has 1 nitrogen and oxygen atoms in total. The highest BCUT2D eigenvalue weighted by molar-refractivity contribution is 4.85. The Morgan fingerprint density at radius 1 is 1.30 bits per heavy atom. The van der Waals surface area contributed by atoms with Crippen molar-refractivity contribution in [2.75, 3.05) is 0 Å². The molecule has 0 unspecified atom stereocenters. The van der Waals surface area contributed by atoms with Crippen LogP contribution in [0, 0.1) is 11.3 Å². The summed E-state index contributed by atoms with van der Waals surface area (Å²) in [5, 5.41) is 8.19. The summed E-state index contributed by atoms with van der Waals surface area (Å²) in [6.07, 6.45) is 9.52. The van der Waals surface area contributed by atoms with Crippen molar-refractivity contribution in [2.45, 2.75) is 39.0 Å². The molecule has 1 heteroatoms. The zero-order valence-electron chi connectivity index (χ0n) is 6.64. The van der Waals surface area contributed by atoms with E-state index in [4.69, 9.17) is 5.26 Å². The van der Waals surface area contributed by atoms with Crippen LogP contribution in [0.1, 0.15) is 39.0 Å². The summed E-state index contributed by atoms with van der Waals surface area (Å²) in [5.41, 5.74) is 0. The van der Waals surface area contributed by atoms with Crippen LogP contribution >= 0.6 is 0 Å². The number of unbranched alkanes of at least 4 members (excludes halogenated alkanes) is 3. The van der Waals surface area contributed by atoms with Gasteiger partial charge in [0.05, 0.1) is 6.07 Å². The van der Waals surface area contributed by atoms with Gasteiger partial charge in [-0.15, -0.1) is 0 Å². The maximum Gasteiger partial charge on any atom is 0.0624 e. The Kier molecular flexibility index (Phi) is 7.60. The van der Waals surface area contributed by atoms with E-state index < -0.39 is 0 Å². The van der Waals surface area contributed by atoms with Crippen molar-refractivity contribution in [2.24, 2.45) is 0 Å². The van der Waals surface area contributed by atoms with Crippen LogP contribution in [0.15, 0.2) is 12.2 Å². The van der Waals surface area contributed by atoms with Crippen LogP contribution < -0.4 is 0 Å².